The summed E-state index contributed by atoms with van der Waals surface area (Å²) >= 11 is 1.68. The Morgan fingerprint density at radius 2 is 1.70 bits per heavy atom. The Labute approximate surface area is 121 Å². The highest BCUT2D eigenvalue weighted by Gasteiger charge is 2.17. The number of rotatable bonds is 1. The Morgan fingerprint density at radius 1 is 0.950 bits per heavy atom. The molecule has 1 aliphatic rings. The number of thiophene rings is 1. The molecule has 1 aliphatic heterocycles. The van der Waals surface area contributed by atoms with E-state index >= 15 is 0 Å². The van der Waals surface area contributed by atoms with Gasteiger partial charge in [-0.3, -0.25) is 0 Å². The van der Waals surface area contributed by atoms with Gasteiger partial charge in [0.1, 0.15) is 17.0 Å². The summed E-state index contributed by atoms with van der Waals surface area (Å²) in [4.78, 5) is 12.3. The fourth-order valence-corrected chi connectivity index (χ4v) is 3.64. The predicted molar refractivity (Wildman–Crippen MR) is 83.5 cm³/mol. The number of anilines is 1. The lowest BCUT2D eigenvalue weighted by Crippen LogP contribution is -2.27. The Bertz CT molecular complexity index is 723. The van der Waals surface area contributed by atoms with E-state index in [1.165, 1.54) is 16.5 Å². The average Bonchev–Trinajstić information content (AvgIpc) is 2.87. The van der Waals surface area contributed by atoms with Gasteiger partial charge in [0.2, 0.25) is 0 Å². The lowest BCUT2D eigenvalue weighted by atomic mass is 10.0. The van der Waals surface area contributed by atoms with E-state index in [9.17, 15) is 0 Å². The molecular weight excluding hydrogens is 266 g/mol. The number of hydrogen-bond donors (Lipinski definition) is 0. The molecule has 0 saturated carbocycles. The molecule has 0 radical (unpaired) electrons. The van der Waals surface area contributed by atoms with E-state index in [0.29, 0.717) is 0 Å². The van der Waals surface area contributed by atoms with Gasteiger partial charge in [-0.25, -0.2) is 9.97 Å². The summed E-state index contributed by atoms with van der Waals surface area (Å²) in [5.74, 6) is 1.09. The summed E-state index contributed by atoms with van der Waals surface area (Å²) in [5.41, 5.74) is 2.95. The molecule has 0 aliphatic carbocycles. The Hall–Kier alpha value is -1.94. The van der Waals surface area contributed by atoms with Gasteiger partial charge in [-0.05, 0) is 35.4 Å². The van der Waals surface area contributed by atoms with Gasteiger partial charge in [0.05, 0.1) is 5.39 Å². The van der Waals surface area contributed by atoms with Crippen molar-refractivity contribution in [3.63, 3.8) is 0 Å². The monoisotopic (exact) mass is 281 g/mol. The second-order valence-electron chi connectivity index (χ2n) is 5.09. The normalized spacial score (nSPS) is 15.1. The van der Waals surface area contributed by atoms with Crippen LogP contribution in [0.2, 0.25) is 0 Å². The predicted octanol–water partition coefficient (Wildman–Crippen LogP) is 3.30. The number of nitrogens with zero attached hydrogens (tertiary/aromatic N) is 3. The Balaban J connectivity index is 1.69. The minimum atomic E-state index is 1.03. The molecular formula is C16H15N3S. The van der Waals surface area contributed by atoms with Gasteiger partial charge in [-0.2, -0.15) is 0 Å². The minimum Gasteiger partial charge on any atom is -0.355 e. The molecule has 0 unspecified atom stereocenters. The largest absolute Gasteiger partial charge is 0.355 e. The maximum absolute atomic E-state index is 4.53. The van der Waals surface area contributed by atoms with E-state index in [2.05, 4.69) is 50.6 Å². The SMILES string of the molecule is c1ccc2c(c1)CCN(c1ncnc3sccc13)CC2. The van der Waals surface area contributed by atoms with Crippen molar-refractivity contribution in [1.29, 1.82) is 0 Å². The van der Waals surface area contributed by atoms with E-state index in [1.54, 1.807) is 17.7 Å². The van der Waals surface area contributed by atoms with Crippen LogP contribution in [0.1, 0.15) is 11.1 Å². The van der Waals surface area contributed by atoms with Gasteiger partial charge >= 0.3 is 0 Å². The van der Waals surface area contributed by atoms with Crippen molar-refractivity contribution >= 4 is 27.4 Å². The molecule has 0 atom stereocenters. The van der Waals surface area contributed by atoms with Crippen LogP contribution in [0.3, 0.4) is 0 Å². The van der Waals surface area contributed by atoms with Crippen molar-refractivity contribution < 1.29 is 0 Å². The van der Waals surface area contributed by atoms with Gasteiger partial charge in [-0.15, -0.1) is 11.3 Å². The van der Waals surface area contributed by atoms with E-state index in [0.717, 1.165) is 36.6 Å². The zero-order valence-corrected chi connectivity index (χ0v) is 11.9. The van der Waals surface area contributed by atoms with Crippen molar-refractivity contribution in [2.24, 2.45) is 0 Å². The summed E-state index contributed by atoms with van der Waals surface area (Å²) < 4.78 is 0. The third kappa shape index (κ3) is 1.96. The summed E-state index contributed by atoms with van der Waals surface area (Å²) in [6.45, 7) is 2.05. The fraction of sp³-hybridized carbons (Fsp3) is 0.250. The van der Waals surface area contributed by atoms with Crippen LogP contribution < -0.4 is 4.90 Å². The van der Waals surface area contributed by atoms with Crippen LogP contribution in [-0.2, 0) is 12.8 Å². The van der Waals surface area contributed by atoms with E-state index < -0.39 is 0 Å². The van der Waals surface area contributed by atoms with Crippen LogP contribution in [0.25, 0.3) is 10.2 Å². The molecule has 20 heavy (non-hydrogen) atoms. The smallest absolute Gasteiger partial charge is 0.140 e. The van der Waals surface area contributed by atoms with Crippen LogP contribution in [0.4, 0.5) is 5.82 Å². The second kappa shape index (κ2) is 4.87. The van der Waals surface area contributed by atoms with Crippen LogP contribution in [0.5, 0.6) is 0 Å². The maximum atomic E-state index is 4.53. The summed E-state index contributed by atoms with van der Waals surface area (Å²) in [7, 11) is 0. The molecule has 1 aromatic carbocycles. The number of aromatic nitrogens is 2. The highest BCUT2D eigenvalue weighted by Crippen LogP contribution is 2.28. The van der Waals surface area contributed by atoms with Gasteiger partial charge in [0.25, 0.3) is 0 Å². The van der Waals surface area contributed by atoms with Crippen LogP contribution in [0, 0.1) is 0 Å². The number of hydrogen-bond acceptors (Lipinski definition) is 4. The van der Waals surface area contributed by atoms with Gasteiger partial charge in [-0.1, -0.05) is 24.3 Å². The molecule has 3 heterocycles. The van der Waals surface area contributed by atoms with Crippen LogP contribution >= 0.6 is 11.3 Å². The van der Waals surface area contributed by atoms with Crippen LogP contribution in [-0.4, -0.2) is 23.1 Å². The molecule has 0 fully saturated rings. The van der Waals surface area contributed by atoms with Crippen molar-refractivity contribution in [3.05, 3.63) is 53.2 Å². The molecule has 2 aromatic heterocycles. The molecule has 100 valence electrons. The van der Waals surface area contributed by atoms with Gasteiger partial charge in [0, 0.05) is 13.1 Å². The molecule has 0 N–H and O–H groups in total. The molecule has 3 nitrogen and oxygen atoms in total. The highest BCUT2D eigenvalue weighted by molar-refractivity contribution is 7.16. The van der Waals surface area contributed by atoms with Crippen molar-refractivity contribution in [2.75, 3.05) is 18.0 Å². The van der Waals surface area contributed by atoms with Crippen LogP contribution in [0.15, 0.2) is 42.0 Å². The van der Waals surface area contributed by atoms with E-state index in [4.69, 9.17) is 0 Å². The molecule has 0 saturated heterocycles. The topological polar surface area (TPSA) is 29.0 Å². The summed E-state index contributed by atoms with van der Waals surface area (Å²) in [5, 5.41) is 3.28. The average molecular weight is 281 g/mol. The Kier molecular flexibility index (Phi) is 2.89. The molecule has 0 spiro atoms. The van der Waals surface area contributed by atoms with Crippen molar-refractivity contribution in [3.8, 4) is 0 Å². The first kappa shape index (κ1) is 11.9. The van der Waals surface area contributed by atoms with Crippen molar-refractivity contribution in [2.45, 2.75) is 12.8 Å². The van der Waals surface area contributed by atoms with Crippen molar-refractivity contribution in [1.82, 2.24) is 9.97 Å². The molecule has 0 amide bonds. The minimum absolute atomic E-state index is 1.03. The fourth-order valence-electron chi connectivity index (χ4n) is 2.91. The molecule has 3 aromatic rings. The molecule has 4 rings (SSSR count). The zero-order valence-electron chi connectivity index (χ0n) is 11.1. The van der Waals surface area contributed by atoms with E-state index in [-0.39, 0.29) is 0 Å². The third-order valence-corrected chi connectivity index (χ3v) is 4.78. The lowest BCUT2D eigenvalue weighted by molar-refractivity contribution is 0.793. The number of benzene rings is 1. The van der Waals surface area contributed by atoms with Gasteiger partial charge in [0.15, 0.2) is 0 Å². The summed E-state index contributed by atoms with van der Waals surface area (Å²) in [6.07, 6.45) is 3.86. The molecule has 4 heteroatoms. The highest BCUT2D eigenvalue weighted by atomic mass is 32.1. The lowest BCUT2D eigenvalue weighted by Gasteiger charge is -2.21. The van der Waals surface area contributed by atoms with E-state index in [1.807, 2.05) is 0 Å². The quantitative estimate of drug-likeness (QED) is 0.685. The summed E-state index contributed by atoms with van der Waals surface area (Å²) in [6, 6.07) is 10.9. The third-order valence-electron chi connectivity index (χ3n) is 3.96. The standard InChI is InChI=1S/C16H15N3S/c1-2-4-13-6-9-19(8-5-12(13)3-1)15-14-7-10-20-16(14)18-11-17-15/h1-4,7,10-11H,5-6,8-9H2. The first-order valence-corrected chi connectivity index (χ1v) is 7.80. The zero-order chi connectivity index (χ0) is 13.4. The Morgan fingerprint density at radius 3 is 2.45 bits per heavy atom. The first-order chi connectivity index (χ1) is 9.92. The second-order valence-corrected chi connectivity index (χ2v) is 5.99. The first-order valence-electron chi connectivity index (χ1n) is 6.92. The number of fused-ring (bicyclic) bond motifs is 2. The maximum Gasteiger partial charge on any atom is 0.140 e. The molecule has 0 bridgehead atoms. The van der Waals surface area contributed by atoms with Gasteiger partial charge < -0.3 is 4.90 Å².